The zero-order chi connectivity index (χ0) is 35.1. The molecule has 0 radical (unpaired) electrons. The summed E-state index contributed by atoms with van der Waals surface area (Å²) in [6.07, 6.45) is -2.63. The van der Waals surface area contributed by atoms with Crippen molar-refractivity contribution >= 4 is 46.5 Å². The van der Waals surface area contributed by atoms with E-state index in [1.807, 2.05) is 22.6 Å². The number of primary amides is 1. The number of aliphatic carboxylic acids is 1. The molecule has 1 aromatic carbocycles. The van der Waals surface area contributed by atoms with Gasteiger partial charge in [-0.3, -0.25) is 9.59 Å². The molecular weight excluding hydrogens is 749 g/mol. The third-order valence-electron chi connectivity index (χ3n) is 7.02. The molecule has 0 spiro atoms. The SMILES string of the molecule is NC(=O)OCc1cc(CCCOCCOCCOCCNC(=O)CCCCCNC(=O)CI)ccc1OC1C[C@@H](O)[C@H](O)[C@@H](C(=O)O)O1. The summed E-state index contributed by atoms with van der Waals surface area (Å²) >= 11 is 2.02. The van der Waals surface area contributed by atoms with Gasteiger partial charge in [-0.15, -0.1) is 0 Å². The van der Waals surface area contributed by atoms with Crippen molar-refractivity contribution in [3.8, 4) is 5.75 Å². The van der Waals surface area contributed by atoms with E-state index in [-0.39, 0.29) is 30.6 Å². The summed E-state index contributed by atoms with van der Waals surface area (Å²) in [4.78, 5) is 45.6. The summed E-state index contributed by atoms with van der Waals surface area (Å²) in [5, 5.41) is 34.8. The Bertz CT molecular complexity index is 1130. The number of unbranched alkanes of at least 4 members (excludes halogenated alkanes) is 2. The number of carbonyl (C=O) groups excluding carboxylic acids is 3. The number of aryl methyl sites for hydroxylation is 1. The van der Waals surface area contributed by atoms with E-state index < -0.39 is 36.7 Å². The summed E-state index contributed by atoms with van der Waals surface area (Å²) in [6.45, 7) is 3.35. The molecule has 0 aliphatic carbocycles. The first-order valence-electron chi connectivity index (χ1n) is 15.9. The smallest absolute Gasteiger partial charge is 0.404 e. The fourth-order valence-electron chi connectivity index (χ4n) is 4.56. The number of carbonyl (C=O) groups is 4. The predicted octanol–water partition coefficient (Wildman–Crippen LogP) is 0.792. The molecule has 1 unspecified atom stereocenters. The van der Waals surface area contributed by atoms with Crippen molar-refractivity contribution in [1.29, 1.82) is 0 Å². The molecule has 2 rings (SSSR count). The van der Waals surface area contributed by atoms with Crippen molar-refractivity contribution in [1.82, 2.24) is 10.6 Å². The lowest BCUT2D eigenvalue weighted by molar-refractivity contribution is -0.228. The van der Waals surface area contributed by atoms with Crippen LogP contribution < -0.4 is 21.1 Å². The first kappa shape index (κ1) is 41.4. The van der Waals surface area contributed by atoms with Crippen LogP contribution >= 0.6 is 22.6 Å². The number of ether oxygens (including phenoxy) is 6. The second kappa shape index (κ2) is 24.3. The van der Waals surface area contributed by atoms with Crippen molar-refractivity contribution < 1.29 is 62.9 Å². The van der Waals surface area contributed by atoms with Gasteiger partial charge in [-0.05, 0) is 43.4 Å². The van der Waals surface area contributed by atoms with Crippen LogP contribution in [0.25, 0.3) is 0 Å². The summed E-state index contributed by atoms with van der Waals surface area (Å²) in [7, 11) is 0. The summed E-state index contributed by atoms with van der Waals surface area (Å²) in [5.41, 5.74) is 6.48. The Balaban J connectivity index is 1.55. The standard InChI is InChI=1S/C31H48IN3O13/c32-19-26(38)34-9-3-1-2-6-25(37)35-10-12-44-14-16-45-15-13-43-11-4-5-21-7-8-24(22(17-21)20-46-31(33)42)47-27-18-23(36)28(39)29(48-27)30(40)41/h7-8,17,23,27-29,36,39H,1-6,9-16,18-20H2,(H2,33,42)(H,34,38)(H,35,37)(H,40,41)/t23-,27?,28+,29+/m1/s1. The lowest BCUT2D eigenvalue weighted by Gasteiger charge is -2.35. The highest BCUT2D eigenvalue weighted by Crippen LogP contribution is 2.28. The third kappa shape index (κ3) is 17.5. The van der Waals surface area contributed by atoms with Crippen molar-refractivity contribution in [2.75, 3.05) is 57.2 Å². The van der Waals surface area contributed by atoms with Crippen LogP contribution in [0.15, 0.2) is 18.2 Å². The fourth-order valence-corrected chi connectivity index (χ4v) is 4.83. The number of nitrogens with two attached hydrogens (primary N) is 1. The molecule has 4 atom stereocenters. The van der Waals surface area contributed by atoms with E-state index in [1.165, 1.54) is 0 Å². The van der Waals surface area contributed by atoms with Gasteiger partial charge in [0.1, 0.15) is 18.5 Å². The minimum absolute atomic E-state index is 0.0161. The molecule has 3 amide bonds. The maximum Gasteiger partial charge on any atom is 0.404 e. The zero-order valence-electron chi connectivity index (χ0n) is 26.9. The van der Waals surface area contributed by atoms with Gasteiger partial charge in [0.25, 0.3) is 0 Å². The second-order valence-corrected chi connectivity index (χ2v) is 11.6. The third-order valence-corrected chi connectivity index (χ3v) is 7.72. The minimum Gasteiger partial charge on any atom is -0.479 e. The second-order valence-electron chi connectivity index (χ2n) is 10.9. The van der Waals surface area contributed by atoms with Gasteiger partial charge in [0, 0.05) is 38.1 Å². The van der Waals surface area contributed by atoms with Gasteiger partial charge in [0.2, 0.25) is 18.1 Å². The number of carboxylic acids is 1. The zero-order valence-corrected chi connectivity index (χ0v) is 29.1. The van der Waals surface area contributed by atoms with E-state index in [9.17, 15) is 34.5 Å². The molecule has 1 saturated heterocycles. The minimum atomic E-state index is -1.66. The van der Waals surface area contributed by atoms with E-state index in [1.54, 1.807) is 18.2 Å². The molecule has 0 saturated carbocycles. The van der Waals surface area contributed by atoms with Gasteiger partial charge in [-0.25, -0.2) is 9.59 Å². The number of rotatable bonds is 25. The molecule has 48 heavy (non-hydrogen) atoms. The largest absolute Gasteiger partial charge is 0.479 e. The Morgan fingerprint density at radius 3 is 2.27 bits per heavy atom. The molecule has 0 aromatic heterocycles. The van der Waals surface area contributed by atoms with Crippen LogP contribution in [0.1, 0.15) is 49.7 Å². The van der Waals surface area contributed by atoms with E-state index in [0.717, 1.165) is 24.8 Å². The van der Waals surface area contributed by atoms with Gasteiger partial charge in [-0.1, -0.05) is 35.1 Å². The summed E-state index contributed by atoms with van der Waals surface area (Å²) in [6, 6.07) is 5.17. The number of benzene rings is 1. The lowest BCUT2D eigenvalue weighted by atomic mass is 10.0. The first-order valence-corrected chi connectivity index (χ1v) is 17.4. The molecular formula is C31H48IN3O13. The molecule has 7 N–H and O–H groups in total. The highest BCUT2D eigenvalue weighted by atomic mass is 127. The number of aliphatic hydroxyl groups excluding tert-OH is 2. The van der Waals surface area contributed by atoms with Gasteiger partial charge in [0.05, 0.1) is 43.6 Å². The molecule has 17 heteroatoms. The fraction of sp³-hybridized carbons (Fsp3) is 0.677. The number of alkyl halides is 1. The number of hydrogen-bond acceptors (Lipinski definition) is 12. The molecule has 1 aliphatic heterocycles. The highest BCUT2D eigenvalue weighted by molar-refractivity contribution is 14.1. The van der Waals surface area contributed by atoms with Crippen molar-refractivity contribution in [2.45, 2.75) is 76.2 Å². The Morgan fingerprint density at radius 2 is 1.58 bits per heavy atom. The molecule has 16 nitrogen and oxygen atoms in total. The number of amides is 3. The van der Waals surface area contributed by atoms with E-state index in [0.29, 0.717) is 82.0 Å². The van der Waals surface area contributed by atoms with Crippen molar-refractivity contribution in [3.05, 3.63) is 29.3 Å². The molecule has 1 fully saturated rings. The molecule has 1 aliphatic rings. The number of hydrogen-bond donors (Lipinski definition) is 6. The van der Waals surface area contributed by atoms with Crippen LogP contribution in [0.5, 0.6) is 5.75 Å². The number of aliphatic hydroxyl groups is 2. The topological polar surface area (TPSA) is 234 Å². The lowest BCUT2D eigenvalue weighted by Crippen LogP contribution is -2.53. The van der Waals surface area contributed by atoms with Crippen LogP contribution in [-0.4, -0.2) is 121 Å². The van der Waals surface area contributed by atoms with E-state index in [4.69, 9.17) is 34.2 Å². The quantitative estimate of drug-likeness (QED) is 0.0457. The van der Waals surface area contributed by atoms with Gasteiger partial charge >= 0.3 is 12.1 Å². The average Bonchev–Trinajstić information content (AvgIpc) is 3.05. The Morgan fingerprint density at radius 1 is 0.896 bits per heavy atom. The summed E-state index contributed by atoms with van der Waals surface area (Å²) in [5.74, 6) is -1.18. The maximum atomic E-state index is 11.8. The molecule has 0 bridgehead atoms. The Kier molecular flexibility index (Phi) is 21.0. The van der Waals surface area contributed by atoms with Crippen LogP contribution in [-0.2, 0) is 51.1 Å². The number of nitrogens with one attached hydrogen (secondary N) is 2. The van der Waals surface area contributed by atoms with Crippen molar-refractivity contribution in [2.24, 2.45) is 5.73 Å². The van der Waals surface area contributed by atoms with E-state index >= 15 is 0 Å². The van der Waals surface area contributed by atoms with Gasteiger partial charge in [-0.2, -0.15) is 0 Å². The average molecular weight is 798 g/mol. The Hall–Kier alpha value is -2.81. The molecule has 272 valence electrons. The Labute approximate surface area is 293 Å². The number of carboxylic acid groups (broad SMARTS) is 1. The molecule has 1 heterocycles. The van der Waals surface area contributed by atoms with Crippen LogP contribution in [0.4, 0.5) is 4.79 Å². The monoisotopic (exact) mass is 797 g/mol. The van der Waals surface area contributed by atoms with Gasteiger partial charge in [0.15, 0.2) is 6.10 Å². The molecule has 1 aromatic rings. The number of halogens is 1. The van der Waals surface area contributed by atoms with E-state index in [2.05, 4.69) is 10.6 Å². The predicted molar refractivity (Wildman–Crippen MR) is 179 cm³/mol. The van der Waals surface area contributed by atoms with Crippen molar-refractivity contribution in [3.63, 3.8) is 0 Å². The highest BCUT2D eigenvalue weighted by Gasteiger charge is 2.42. The van der Waals surface area contributed by atoms with Crippen LogP contribution in [0.3, 0.4) is 0 Å². The van der Waals surface area contributed by atoms with Crippen LogP contribution in [0.2, 0.25) is 0 Å². The maximum absolute atomic E-state index is 11.8. The summed E-state index contributed by atoms with van der Waals surface area (Å²) < 4.78 is 33.0. The normalized spacial score (nSPS) is 19.0. The van der Waals surface area contributed by atoms with Crippen LogP contribution in [0, 0.1) is 0 Å². The first-order chi connectivity index (χ1) is 23.1. The van der Waals surface area contributed by atoms with Gasteiger partial charge < -0.3 is 60.1 Å².